The number of benzene rings is 1. The lowest BCUT2D eigenvalue weighted by atomic mass is 10.1. The number of hydrogen-bond acceptors (Lipinski definition) is 8. The molecule has 4 aromatic rings. The molecule has 4 heterocycles. The molecule has 0 atom stereocenters. The summed E-state index contributed by atoms with van der Waals surface area (Å²) in [5, 5.41) is 18.8. The molecule has 0 unspecified atom stereocenters. The van der Waals surface area contributed by atoms with E-state index in [4.69, 9.17) is 0 Å². The van der Waals surface area contributed by atoms with Crippen LogP contribution in [0.2, 0.25) is 0 Å². The first-order chi connectivity index (χ1) is 16.9. The number of carbonyl (C=O) groups excluding carboxylic acids is 1. The zero-order valence-electron chi connectivity index (χ0n) is 20.0. The monoisotopic (exact) mass is 469 g/mol. The fraction of sp³-hybridized carbons (Fsp3) is 0.280. The minimum Gasteiger partial charge on any atom is -0.337 e. The summed E-state index contributed by atoms with van der Waals surface area (Å²) >= 11 is 0. The van der Waals surface area contributed by atoms with Gasteiger partial charge in [-0.2, -0.15) is 10.1 Å². The van der Waals surface area contributed by atoms with Crippen LogP contribution in [0, 0.1) is 20.8 Å². The van der Waals surface area contributed by atoms with E-state index >= 15 is 0 Å². The lowest BCUT2D eigenvalue weighted by Crippen LogP contribution is -2.49. The van der Waals surface area contributed by atoms with Crippen LogP contribution in [-0.2, 0) is 0 Å². The first-order valence-corrected chi connectivity index (χ1v) is 11.5. The molecule has 10 heteroatoms. The maximum Gasteiger partial charge on any atom is 0.274 e. The van der Waals surface area contributed by atoms with Crippen LogP contribution < -0.4 is 10.2 Å². The van der Waals surface area contributed by atoms with Crippen molar-refractivity contribution in [3.8, 4) is 11.3 Å². The second-order valence-corrected chi connectivity index (χ2v) is 8.70. The topological polar surface area (TPSA) is 116 Å². The van der Waals surface area contributed by atoms with Crippen molar-refractivity contribution in [2.24, 2.45) is 0 Å². The molecule has 0 radical (unpaired) electrons. The summed E-state index contributed by atoms with van der Waals surface area (Å²) in [5.41, 5.74) is 5.08. The number of nitrogens with zero attached hydrogens (tertiary/aromatic N) is 7. The predicted octanol–water partition coefficient (Wildman–Crippen LogP) is 3.29. The molecule has 1 aliphatic rings. The Balaban J connectivity index is 1.22. The summed E-state index contributed by atoms with van der Waals surface area (Å²) in [7, 11) is 0. The minimum absolute atomic E-state index is 0.117. The molecule has 1 aromatic carbocycles. The number of H-pyrrole nitrogens is 1. The lowest BCUT2D eigenvalue weighted by molar-refractivity contribution is 0.0739. The van der Waals surface area contributed by atoms with Gasteiger partial charge in [-0.15, -0.1) is 10.2 Å². The van der Waals surface area contributed by atoms with Gasteiger partial charge in [-0.1, -0.05) is 29.8 Å². The third kappa shape index (κ3) is 5.11. The van der Waals surface area contributed by atoms with Crippen LogP contribution in [0.4, 0.5) is 17.6 Å². The molecule has 0 spiro atoms. The number of carbonyl (C=O) groups is 1. The molecule has 0 aliphatic carbocycles. The summed E-state index contributed by atoms with van der Waals surface area (Å²) in [6.45, 7) is 8.29. The minimum atomic E-state index is -0.117. The quantitative estimate of drug-likeness (QED) is 0.457. The van der Waals surface area contributed by atoms with E-state index < -0.39 is 0 Å². The smallest absolute Gasteiger partial charge is 0.274 e. The van der Waals surface area contributed by atoms with E-state index in [1.54, 1.807) is 11.0 Å². The highest BCUT2D eigenvalue weighted by Gasteiger charge is 2.25. The number of nitrogens with one attached hydrogen (secondary N) is 2. The zero-order chi connectivity index (χ0) is 24.4. The predicted molar refractivity (Wildman–Crippen MR) is 134 cm³/mol. The van der Waals surface area contributed by atoms with E-state index in [2.05, 4.69) is 40.6 Å². The molecular formula is C25H27N9O. The molecule has 1 amide bonds. The van der Waals surface area contributed by atoms with Gasteiger partial charge in [0.1, 0.15) is 5.82 Å². The Morgan fingerprint density at radius 3 is 2.31 bits per heavy atom. The molecule has 10 nitrogen and oxygen atoms in total. The van der Waals surface area contributed by atoms with Gasteiger partial charge in [-0.05, 0) is 32.9 Å². The van der Waals surface area contributed by atoms with Crippen molar-refractivity contribution in [3.63, 3.8) is 0 Å². The Morgan fingerprint density at radius 1 is 0.886 bits per heavy atom. The molecule has 1 fully saturated rings. The standard InChI is InChI=1S/C25H27N9O/c1-16-4-6-19(7-5-16)20-8-9-21(31-30-20)24(35)33-10-12-34(13-11-33)25-26-17(2)14-22(28-25)27-23-15-18(3)29-32-23/h4-9,14-15H,10-13H2,1-3H3,(H2,26,27,28,29,32). The Kier molecular flexibility index (Phi) is 6.09. The van der Waals surface area contributed by atoms with Gasteiger partial charge in [0.2, 0.25) is 5.95 Å². The summed E-state index contributed by atoms with van der Waals surface area (Å²) < 4.78 is 0. The fourth-order valence-electron chi connectivity index (χ4n) is 3.97. The molecule has 5 rings (SSSR count). The number of aromatic nitrogens is 6. The van der Waals surface area contributed by atoms with Crippen LogP contribution in [0.1, 0.15) is 27.4 Å². The van der Waals surface area contributed by atoms with E-state index in [1.165, 1.54) is 5.56 Å². The number of piperazine rings is 1. The Labute approximate surface area is 203 Å². The summed E-state index contributed by atoms with van der Waals surface area (Å²) in [4.78, 5) is 26.1. The SMILES string of the molecule is Cc1ccc(-c2ccc(C(=O)N3CCN(c4nc(C)cc(Nc5cc(C)[nH]n5)n4)CC3)nn2)cc1. The van der Waals surface area contributed by atoms with Gasteiger partial charge < -0.3 is 15.1 Å². The van der Waals surface area contributed by atoms with Crippen molar-refractivity contribution in [2.45, 2.75) is 20.8 Å². The average Bonchev–Trinajstić information content (AvgIpc) is 3.28. The summed E-state index contributed by atoms with van der Waals surface area (Å²) in [6, 6.07) is 15.5. The van der Waals surface area contributed by atoms with Crippen LogP contribution in [-0.4, -0.2) is 67.3 Å². The van der Waals surface area contributed by atoms with E-state index in [-0.39, 0.29) is 5.91 Å². The Morgan fingerprint density at radius 2 is 1.66 bits per heavy atom. The first kappa shape index (κ1) is 22.5. The van der Waals surface area contributed by atoms with Crippen LogP contribution in [0.5, 0.6) is 0 Å². The fourth-order valence-corrected chi connectivity index (χ4v) is 3.97. The van der Waals surface area contributed by atoms with Crippen molar-refractivity contribution in [1.29, 1.82) is 0 Å². The number of amides is 1. The number of anilines is 3. The van der Waals surface area contributed by atoms with Crippen LogP contribution in [0.15, 0.2) is 48.5 Å². The summed E-state index contributed by atoms with van der Waals surface area (Å²) in [6.07, 6.45) is 0. The Bertz CT molecular complexity index is 1320. The number of aromatic amines is 1. The van der Waals surface area contributed by atoms with E-state index in [9.17, 15) is 4.79 Å². The van der Waals surface area contributed by atoms with Crippen LogP contribution in [0.25, 0.3) is 11.3 Å². The number of aryl methyl sites for hydroxylation is 3. The van der Waals surface area contributed by atoms with Gasteiger partial charge in [0, 0.05) is 55.3 Å². The normalized spacial score (nSPS) is 13.7. The van der Waals surface area contributed by atoms with Gasteiger partial charge in [0.05, 0.1) is 5.69 Å². The maximum atomic E-state index is 13.0. The molecule has 0 saturated carbocycles. The van der Waals surface area contributed by atoms with Gasteiger partial charge >= 0.3 is 0 Å². The van der Waals surface area contributed by atoms with Gasteiger partial charge in [0.25, 0.3) is 5.91 Å². The molecule has 35 heavy (non-hydrogen) atoms. The van der Waals surface area contributed by atoms with Crippen molar-refractivity contribution in [1.82, 2.24) is 35.3 Å². The largest absolute Gasteiger partial charge is 0.337 e. The van der Waals surface area contributed by atoms with Crippen molar-refractivity contribution in [3.05, 3.63) is 71.2 Å². The van der Waals surface area contributed by atoms with Crippen LogP contribution >= 0.6 is 0 Å². The molecule has 3 aromatic heterocycles. The third-order valence-electron chi connectivity index (χ3n) is 5.89. The van der Waals surface area contributed by atoms with Gasteiger partial charge in [-0.25, -0.2) is 4.98 Å². The van der Waals surface area contributed by atoms with E-state index in [0.717, 1.165) is 22.6 Å². The van der Waals surface area contributed by atoms with Gasteiger partial charge in [-0.3, -0.25) is 9.89 Å². The average molecular weight is 470 g/mol. The van der Waals surface area contributed by atoms with Crippen molar-refractivity contribution < 1.29 is 4.79 Å². The summed E-state index contributed by atoms with van der Waals surface area (Å²) in [5.74, 6) is 1.90. The van der Waals surface area contributed by atoms with Gasteiger partial charge in [0.15, 0.2) is 11.5 Å². The second kappa shape index (κ2) is 9.49. The number of rotatable bonds is 5. The zero-order valence-corrected chi connectivity index (χ0v) is 20.0. The van der Waals surface area contributed by atoms with E-state index in [0.29, 0.717) is 49.5 Å². The van der Waals surface area contributed by atoms with E-state index in [1.807, 2.05) is 63.2 Å². The maximum absolute atomic E-state index is 13.0. The number of hydrogen-bond donors (Lipinski definition) is 2. The highest BCUT2D eigenvalue weighted by Crippen LogP contribution is 2.20. The molecule has 0 bridgehead atoms. The van der Waals surface area contributed by atoms with Crippen molar-refractivity contribution in [2.75, 3.05) is 36.4 Å². The molecular weight excluding hydrogens is 442 g/mol. The second-order valence-electron chi connectivity index (χ2n) is 8.70. The lowest BCUT2D eigenvalue weighted by Gasteiger charge is -2.34. The van der Waals surface area contributed by atoms with Crippen LogP contribution in [0.3, 0.4) is 0 Å². The highest BCUT2D eigenvalue weighted by molar-refractivity contribution is 5.92. The molecule has 178 valence electrons. The third-order valence-corrected chi connectivity index (χ3v) is 5.89. The molecule has 2 N–H and O–H groups in total. The van der Waals surface area contributed by atoms with Crippen molar-refractivity contribution >= 4 is 23.5 Å². The molecule has 1 aliphatic heterocycles. The Hall–Kier alpha value is -4.34. The molecule has 1 saturated heterocycles. The first-order valence-electron chi connectivity index (χ1n) is 11.5. The highest BCUT2D eigenvalue weighted by atomic mass is 16.2.